The molecule has 2 aromatic rings. The predicted molar refractivity (Wildman–Crippen MR) is 88.9 cm³/mol. The highest BCUT2D eigenvalue weighted by Crippen LogP contribution is 2.37. The van der Waals surface area contributed by atoms with E-state index in [0.29, 0.717) is 12.3 Å². The molecule has 1 fully saturated rings. The highest BCUT2D eigenvalue weighted by atomic mass is 16.5. The van der Waals surface area contributed by atoms with Gasteiger partial charge in [-0.15, -0.1) is 0 Å². The van der Waals surface area contributed by atoms with Crippen LogP contribution in [0.25, 0.3) is 5.57 Å². The van der Waals surface area contributed by atoms with Crippen LogP contribution in [0.4, 0.5) is 0 Å². The van der Waals surface area contributed by atoms with Crippen molar-refractivity contribution >= 4 is 11.4 Å². The van der Waals surface area contributed by atoms with Crippen molar-refractivity contribution in [2.24, 2.45) is 5.92 Å². The first-order valence-electron chi connectivity index (χ1n) is 7.68. The maximum absolute atomic E-state index is 12.4. The largest absolute Gasteiger partial charge is 0.497 e. The van der Waals surface area contributed by atoms with E-state index in [0.717, 1.165) is 34.4 Å². The van der Waals surface area contributed by atoms with Gasteiger partial charge in [-0.25, -0.2) is 0 Å². The van der Waals surface area contributed by atoms with Gasteiger partial charge in [0.15, 0.2) is 5.78 Å². The summed E-state index contributed by atoms with van der Waals surface area (Å²) in [6.45, 7) is 2.15. The lowest BCUT2D eigenvalue weighted by atomic mass is 9.88. The monoisotopic (exact) mass is 292 g/mol. The van der Waals surface area contributed by atoms with Crippen LogP contribution in [0, 0.1) is 5.92 Å². The van der Waals surface area contributed by atoms with Gasteiger partial charge in [0, 0.05) is 12.0 Å². The topological polar surface area (TPSA) is 26.3 Å². The minimum Gasteiger partial charge on any atom is -0.497 e. The molecule has 112 valence electrons. The minimum absolute atomic E-state index is 0.280. The average molecular weight is 292 g/mol. The lowest BCUT2D eigenvalue weighted by molar-refractivity contribution is -0.114. The van der Waals surface area contributed by atoms with Gasteiger partial charge in [0.1, 0.15) is 5.75 Å². The molecule has 0 bridgehead atoms. The number of hydrogen-bond acceptors (Lipinski definition) is 2. The van der Waals surface area contributed by atoms with E-state index >= 15 is 0 Å². The van der Waals surface area contributed by atoms with Crippen LogP contribution in [-0.4, -0.2) is 12.9 Å². The SMILES string of the molecule is COc1ccc(/C(=C2/C(=O)CCC2C)c2ccccc2)cc1. The second-order valence-corrected chi connectivity index (χ2v) is 5.75. The molecule has 1 unspecified atom stereocenters. The molecular weight excluding hydrogens is 272 g/mol. The highest BCUT2D eigenvalue weighted by molar-refractivity contribution is 6.07. The average Bonchev–Trinajstić information content (AvgIpc) is 2.89. The van der Waals surface area contributed by atoms with Crippen molar-refractivity contribution in [2.45, 2.75) is 19.8 Å². The van der Waals surface area contributed by atoms with E-state index in [9.17, 15) is 4.79 Å². The standard InChI is InChI=1S/C20H20O2/c1-14-8-13-18(21)19(14)20(15-6-4-3-5-7-15)16-9-11-17(22-2)12-10-16/h3-7,9-12,14H,8,13H2,1-2H3/b20-19+. The molecule has 2 aromatic carbocycles. The van der Waals surface area contributed by atoms with Crippen LogP contribution in [0.5, 0.6) is 5.75 Å². The molecule has 1 aliphatic carbocycles. The van der Waals surface area contributed by atoms with E-state index < -0.39 is 0 Å². The van der Waals surface area contributed by atoms with Crippen LogP contribution >= 0.6 is 0 Å². The van der Waals surface area contributed by atoms with Crippen LogP contribution in [0.15, 0.2) is 60.2 Å². The van der Waals surface area contributed by atoms with Crippen LogP contribution in [0.1, 0.15) is 30.9 Å². The Morgan fingerprint density at radius 3 is 2.18 bits per heavy atom. The lowest BCUT2D eigenvalue weighted by Gasteiger charge is -2.15. The zero-order chi connectivity index (χ0) is 15.5. The van der Waals surface area contributed by atoms with Gasteiger partial charge in [0.2, 0.25) is 0 Å². The van der Waals surface area contributed by atoms with Crippen LogP contribution in [0.3, 0.4) is 0 Å². The van der Waals surface area contributed by atoms with Crippen LogP contribution in [0.2, 0.25) is 0 Å². The Kier molecular flexibility index (Phi) is 4.10. The third kappa shape index (κ3) is 2.69. The molecule has 2 nitrogen and oxygen atoms in total. The number of rotatable bonds is 3. The van der Waals surface area contributed by atoms with Gasteiger partial charge >= 0.3 is 0 Å². The Labute approximate surface area is 131 Å². The Hall–Kier alpha value is -2.35. The molecule has 0 heterocycles. The highest BCUT2D eigenvalue weighted by Gasteiger charge is 2.29. The molecule has 22 heavy (non-hydrogen) atoms. The minimum atomic E-state index is 0.280. The first-order valence-corrected chi connectivity index (χ1v) is 7.68. The van der Waals surface area contributed by atoms with Gasteiger partial charge in [-0.1, -0.05) is 49.4 Å². The Morgan fingerprint density at radius 2 is 1.64 bits per heavy atom. The summed E-state index contributed by atoms with van der Waals surface area (Å²) in [6.07, 6.45) is 1.60. The molecule has 0 aliphatic heterocycles. The summed E-state index contributed by atoms with van der Waals surface area (Å²) in [4.78, 5) is 12.4. The smallest absolute Gasteiger partial charge is 0.159 e. The maximum atomic E-state index is 12.4. The van der Waals surface area contributed by atoms with E-state index in [2.05, 4.69) is 19.1 Å². The molecule has 1 atom stereocenters. The number of methoxy groups -OCH3 is 1. The number of carbonyl (C=O) groups excluding carboxylic acids is 1. The third-order valence-corrected chi connectivity index (χ3v) is 4.31. The Balaban J connectivity index is 2.19. The molecule has 1 aliphatic rings. The van der Waals surface area contributed by atoms with Gasteiger partial charge in [-0.3, -0.25) is 4.79 Å². The van der Waals surface area contributed by atoms with Crippen molar-refractivity contribution in [3.05, 3.63) is 71.3 Å². The van der Waals surface area contributed by atoms with E-state index in [1.165, 1.54) is 0 Å². The molecule has 0 radical (unpaired) electrons. The van der Waals surface area contributed by atoms with Crippen molar-refractivity contribution in [3.8, 4) is 5.75 Å². The van der Waals surface area contributed by atoms with Crippen LogP contribution in [-0.2, 0) is 4.79 Å². The molecular formula is C20H20O2. The summed E-state index contributed by atoms with van der Waals surface area (Å²) in [5.74, 6) is 1.42. The maximum Gasteiger partial charge on any atom is 0.159 e. The van der Waals surface area contributed by atoms with Gasteiger partial charge in [0.05, 0.1) is 7.11 Å². The number of benzene rings is 2. The summed E-state index contributed by atoms with van der Waals surface area (Å²) in [6, 6.07) is 18.1. The fourth-order valence-electron chi connectivity index (χ4n) is 3.13. The fraction of sp³-hybridized carbons (Fsp3) is 0.250. The predicted octanol–water partition coefficient (Wildman–Crippen LogP) is 4.50. The fourth-order valence-corrected chi connectivity index (χ4v) is 3.13. The van der Waals surface area contributed by atoms with E-state index in [-0.39, 0.29) is 5.78 Å². The Morgan fingerprint density at radius 1 is 1.00 bits per heavy atom. The van der Waals surface area contributed by atoms with E-state index in [1.54, 1.807) is 7.11 Å². The zero-order valence-corrected chi connectivity index (χ0v) is 13.0. The molecule has 3 rings (SSSR count). The Bertz CT molecular complexity index is 696. The van der Waals surface area contributed by atoms with Crippen molar-refractivity contribution < 1.29 is 9.53 Å². The molecule has 1 saturated carbocycles. The third-order valence-electron chi connectivity index (χ3n) is 4.31. The van der Waals surface area contributed by atoms with Gasteiger partial charge in [-0.05, 0) is 41.2 Å². The molecule has 2 heteroatoms. The second-order valence-electron chi connectivity index (χ2n) is 5.75. The van der Waals surface area contributed by atoms with Gasteiger partial charge in [-0.2, -0.15) is 0 Å². The van der Waals surface area contributed by atoms with Crippen molar-refractivity contribution in [2.75, 3.05) is 7.11 Å². The summed E-state index contributed by atoms with van der Waals surface area (Å²) in [5.41, 5.74) is 4.21. The van der Waals surface area contributed by atoms with Gasteiger partial charge in [0.25, 0.3) is 0 Å². The van der Waals surface area contributed by atoms with Crippen molar-refractivity contribution in [3.63, 3.8) is 0 Å². The molecule has 0 N–H and O–H groups in total. The van der Waals surface area contributed by atoms with E-state index in [1.807, 2.05) is 42.5 Å². The summed E-state index contributed by atoms with van der Waals surface area (Å²) in [5, 5.41) is 0. The first-order chi connectivity index (χ1) is 10.7. The number of ether oxygens (including phenoxy) is 1. The molecule has 0 spiro atoms. The first kappa shape index (κ1) is 14.6. The molecule has 0 amide bonds. The van der Waals surface area contributed by atoms with E-state index in [4.69, 9.17) is 4.74 Å². The zero-order valence-electron chi connectivity index (χ0n) is 13.0. The van der Waals surface area contributed by atoms with Crippen LogP contribution < -0.4 is 4.74 Å². The number of allylic oxidation sites excluding steroid dienone is 1. The quantitative estimate of drug-likeness (QED) is 0.779. The number of Topliss-reactive ketones (excluding diaryl/α,β-unsaturated/α-hetero) is 1. The lowest BCUT2D eigenvalue weighted by Crippen LogP contribution is -2.04. The van der Waals surface area contributed by atoms with Crippen molar-refractivity contribution in [1.82, 2.24) is 0 Å². The second kappa shape index (κ2) is 6.18. The summed E-state index contributed by atoms with van der Waals surface area (Å²) in [7, 11) is 1.66. The number of carbonyl (C=O) groups is 1. The summed E-state index contributed by atoms with van der Waals surface area (Å²) >= 11 is 0. The molecule has 0 aromatic heterocycles. The normalized spacial score (nSPS) is 20.1. The van der Waals surface area contributed by atoms with Gasteiger partial charge < -0.3 is 4.74 Å². The number of ketones is 1. The van der Waals surface area contributed by atoms with Crippen molar-refractivity contribution in [1.29, 1.82) is 0 Å². The molecule has 0 saturated heterocycles. The summed E-state index contributed by atoms with van der Waals surface area (Å²) < 4.78 is 5.24. The number of hydrogen-bond donors (Lipinski definition) is 0.